The number of aliphatic imine (C=N–C) groups is 1. The van der Waals surface area contributed by atoms with Crippen molar-refractivity contribution in [1.29, 1.82) is 0 Å². The Morgan fingerprint density at radius 2 is 1.97 bits per heavy atom. The zero-order valence-corrected chi connectivity index (χ0v) is 18.8. The van der Waals surface area contributed by atoms with Gasteiger partial charge in [-0.25, -0.2) is 19.2 Å². The van der Waals surface area contributed by atoms with Crippen LogP contribution in [-0.2, 0) is 32.5 Å². The molecule has 3 heterocycles. The predicted octanol–water partition coefficient (Wildman–Crippen LogP) is -4.56. The molecule has 0 spiro atoms. The van der Waals surface area contributed by atoms with Gasteiger partial charge in [-0.2, -0.15) is 9.48 Å². The lowest BCUT2D eigenvalue weighted by molar-refractivity contribution is -0.791. The van der Waals surface area contributed by atoms with E-state index in [0.29, 0.717) is 13.1 Å². The van der Waals surface area contributed by atoms with Gasteiger partial charge in [-0.1, -0.05) is 0 Å². The molecule has 5 atom stereocenters. The SMILES string of the molecule is CCOP(=O)(O)O.N/C(=N/C1[C@@H]2NC[N@@+]12C(=O)[C@@H]1O[C@@H]1O)NC=O.O.O=PO.O=[P+](O)O. The van der Waals surface area contributed by atoms with E-state index in [-0.39, 0.29) is 40.8 Å². The first-order valence-electron chi connectivity index (χ1n) is 7.86. The summed E-state index contributed by atoms with van der Waals surface area (Å²) in [5, 5.41) is 14.3. The van der Waals surface area contributed by atoms with Crippen LogP contribution in [0.15, 0.2) is 4.99 Å². The molecule has 3 saturated heterocycles. The lowest BCUT2D eigenvalue weighted by Crippen LogP contribution is -2.58. The highest BCUT2D eigenvalue weighted by molar-refractivity contribution is 7.46. The van der Waals surface area contributed by atoms with Crippen molar-refractivity contribution in [3.8, 4) is 0 Å². The number of hydrogen-bond donors (Lipinski definition) is 9. The van der Waals surface area contributed by atoms with Crippen LogP contribution in [0, 0.1) is 0 Å². The second-order valence-electron chi connectivity index (χ2n) is 5.46. The van der Waals surface area contributed by atoms with Crippen molar-refractivity contribution in [2.45, 2.75) is 31.6 Å². The van der Waals surface area contributed by atoms with Crippen LogP contribution in [0.4, 0.5) is 0 Å². The Labute approximate surface area is 182 Å². The minimum Gasteiger partial charge on any atom is -0.412 e. The highest BCUT2D eigenvalue weighted by Gasteiger charge is 2.81. The zero-order chi connectivity index (χ0) is 24.4. The smallest absolute Gasteiger partial charge is 0.412 e. The minimum atomic E-state index is -4.17. The molecular weight excluding hydrogens is 507 g/mol. The summed E-state index contributed by atoms with van der Waals surface area (Å²) in [6.07, 6.45) is -1.78. The van der Waals surface area contributed by atoms with Crippen molar-refractivity contribution >= 4 is 43.0 Å². The average Bonchev–Trinajstić information content (AvgIpc) is 3.41. The van der Waals surface area contributed by atoms with Crippen molar-refractivity contribution < 1.29 is 72.1 Å². The maximum absolute atomic E-state index is 12.0. The summed E-state index contributed by atoms with van der Waals surface area (Å²) in [5.41, 5.74) is 5.43. The summed E-state index contributed by atoms with van der Waals surface area (Å²) in [6.45, 7) is 2.00. The van der Waals surface area contributed by atoms with E-state index >= 15 is 0 Å². The number of epoxide rings is 1. The molecule has 3 fully saturated rings. The first-order valence-corrected chi connectivity index (χ1v) is 11.3. The van der Waals surface area contributed by atoms with E-state index in [0.717, 1.165) is 0 Å². The molecule has 0 aromatic carbocycles. The number of hydrogen-bond acceptors (Lipinski definition) is 10. The average molecular weight is 531 g/mol. The number of quaternary nitrogens is 1. The first-order chi connectivity index (χ1) is 14.3. The number of nitrogens with zero attached hydrogens (tertiary/aromatic N) is 2. The Morgan fingerprint density at radius 1 is 1.50 bits per heavy atom. The van der Waals surface area contributed by atoms with Crippen molar-refractivity contribution in [3.05, 3.63) is 0 Å². The predicted molar refractivity (Wildman–Crippen MR) is 102 cm³/mol. The van der Waals surface area contributed by atoms with Gasteiger partial charge in [0.1, 0.15) is 6.67 Å². The summed E-state index contributed by atoms with van der Waals surface area (Å²) < 4.78 is 35.6. The van der Waals surface area contributed by atoms with Crippen molar-refractivity contribution in [2.24, 2.45) is 10.7 Å². The Bertz CT molecular complexity index is 732. The molecule has 2 amide bonds. The van der Waals surface area contributed by atoms with Crippen LogP contribution in [0.25, 0.3) is 0 Å². The van der Waals surface area contributed by atoms with Gasteiger partial charge in [0.05, 0.1) is 6.61 Å². The van der Waals surface area contributed by atoms with Gasteiger partial charge in [0.25, 0.3) is 6.17 Å². The highest BCUT2D eigenvalue weighted by atomic mass is 31.2. The standard InChI is InChI=1S/C8H11N5O4.C2H7O4P.HO3P.HO2P.H2O/c9-8(11-2-14)12-5-4-10-1-13(4,5)6(15)3-7(16)17-3;1-2-6-7(3,4)5;1-4(2)3;1-3-2;/h2-5,7,10,16H,1H2,(H2-,9,11,12,14);2H2,1H3,(H2,3,4,5);(H-,1,2,3);(H,1,2);1H2/p+2/t3-,4+,5?,7-,13-;;;;/m0..../s1. The van der Waals surface area contributed by atoms with Gasteiger partial charge in [-0.3, -0.25) is 14.6 Å². The molecule has 0 aromatic rings. The number of phosphoric ester groups is 1. The van der Waals surface area contributed by atoms with Crippen LogP contribution in [0.1, 0.15) is 6.92 Å². The summed E-state index contributed by atoms with van der Waals surface area (Å²) in [4.78, 5) is 63.2. The fourth-order valence-corrected chi connectivity index (χ4v) is 2.74. The third-order valence-corrected chi connectivity index (χ3v) is 4.22. The third kappa shape index (κ3) is 10.5. The minimum absolute atomic E-state index is 0. The van der Waals surface area contributed by atoms with Gasteiger partial charge < -0.3 is 35.7 Å². The van der Waals surface area contributed by atoms with E-state index in [9.17, 15) is 14.2 Å². The van der Waals surface area contributed by atoms with Gasteiger partial charge in [0, 0.05) is 4.57 Å². The van der Waals surface area contributed by atoms with Gasteiger partial charge in [-0.05, 0) is 6.92 Å². The van der Waals surface area contributed by atoms with Crippen LogP contribution in [0.5, 0.6) is 0 Å². The Morgan fingerprint density at radius 3 is 2.22 bits per heavy atom. The van der Waals surface area contributed by atoms with E-state index in [1.54, 1.807) is 0 Å². The van der Waals surface area contributed by atoms with E-state index in [2.05, 4.69) is 20.1 Å². The number of nitrogens with one attached hydrogen (secondary N) is 2. The van der Waals surface area contributed by atoms with Crippen LogP contribution < -0.4 is 16.4 Å². The van der Waals surface area contributed by atoms with E-state index < -0.39 is 37.2 Å². The van der Waals surface area contributed by atoms with Gasteiger partial charge >= 0.3 is 30.7 Å². The normalized spacial score (nSPS) is 28.8. The number of aliphatic hydroxyl groups is 1. The number of nitrogens with two attached hydrogens (primary N) is 1. The van der Waals surface area contributed by atoms with Crippen LogP contribution >= 0.6 is 24.8 Å². The lowest BCUT2D eigenvalue weighted by atomic mass is 10.3. The van der Waals surface area contributed by atoms with E-state index in [4.69, 9.17) is 49.2 Å². The van der Waals surface area contributed by atoms with E-state index in [1.807, 2.05) is 0 Å². The molecular formula is C10H24N5O14P3+2. The van der Waals surface area contributed by atoms with Crippen molar-refractivity contribution in [1.82, 2.24) is 10.6 Å². The molecule has 19 nitrogen and oxygen atoms in total. The number of fused-ring (bicyclic) bond motifs is 1. The number of carbonyl (C=O) groups excluding carboxylic acids is 2. The molecule has 0 saturated carbocycles. The van der Waals surface area contributed by atoms with Crippen LogP contribution in [-0.4, -0.2) is 95.8 Å². The summed E-state index contributed by atoms with van der Waals surface area (Å²) in [7, 11) is -7.87. The molecule has 0 bridgehead atoms. The number of phosphoric acid groups is 1. The number of carbonyl (C=O) groups is 2. The molecule has 3 aliphatic rings. The highest BCUT2D eigenvalue weighted by Crippen LogP contribution is 2.48. The topological polar surface area (TPSA) is 322 Å². The molecule has 32 heavy (non-hydrogen) atoms. The number of guanidine groups is 1. The monoisotopic (exact) mass is 531 g/mol. The zero-order valence-electron chi connectivity index (χ0n) is 16.2. The Hall–Kier alpha value is -1.40. The van der Waals surface area contributed by atoms with Gasteiger partial charge in [-0.15, -0.1) is 9.79 Å². The Kier molecular flexibility index (Phi) is 15.0. The molecule has 12 N–H and O–H groups in total. The molecule has 0 aromatic heterocycles. The fraction of sp³-hybridized carbons (Fsp3) is 0.700. The molecule has 1 unspecified atom stereocenters. The number of aliphatic hydroxyl groups excluding tert-OH is 1. The van der Waals surface area contributed by atoms with Gasteiger partial charge in [0.15, 0.2) is 6.29 Å². The van der Waals surface area contributed by atoms with Crippen molar-refractivity contribution in [3.63, 3.8) is 0 Å². The van der Waals surface area contributed by atoms with Crippen molar-refractivity contribution in [2.75, 3.05) is 13.3 Å². The summed E-state index contributed by atoms with van der Waals surface area (Å²) >= 11 is 0. The lowest BCUT2D eigenvalue weighted by Gasteiger charge is -2.23. The number of amides is 2. The molecule has 22 heteroatoms. The maximum atomic E-state index is 12.0. The quantitative estimate of drug-likeness (QED) is 0.0403. The molecule has 186 valence electrons. The summed E-state index contributed by atoms with van der Waals surface area (Å²) in [5.74, 6) is -0.224. The fourth-order valence-electron chi connectivity index (χ4n) is 2.41. The summed E-state index contributed by atoms with van der Waals surface area (Å²) in [6, 6.07) is 0. The number of rotatable bonds is 5. The largest absolute Gasteiger partial charge is 0.692 e. The molecule has 0 aliphatic carbocycles. The second-order valence-corrected chi connectivity index (χ2v) is 7.36. The molecule has 0 radical (unpaired) electrons. The molecule has 3 aliphatic heterocycles. The van der Waals surface area contributed by atoms with Gasteiger partial charge in [0.2, 0.25) is 24.6 Å². The second kappa shape index (κ2) is 14.7. The van der Waals surface area contributed by atoms with Crippen LogP contribution in [0.2, 0.25) is 0 Å². The van der Waals surface area contributed by atoms with Crippen LogP contribution in [0.3, 0.4) is 0 Å². The maximum Gasteiger partial charge on any atom is 0.692 e. The first kappa shape index (κ1) is 32.8. The number of ether oxygens (including phenoxy) is 1. The Balaban J connectivity index is 0. The molecule has 3 rings (SSSR count). The third-order valence-electron chi connectivity index (χ3n) is 3.62. The van der Waals surface area contributed by atoms with E-state index in [1.165, 1.54) is 6.92 Å².